The van der Waals surface area contributed by atoms with Crippen LogP contribution in [0.5, 0.6) is 0 Å². The summed E-state index contributed by atoms with van der Waals surface area (Å²) in [5.41, 5.74) is 6.00. The molecular weight excluding hydrogens is 260 g/mol. The number of rotatable bonds is 5. The minimum atomic E-state index is -0.864. The van der Waals surface area contributed by atoms with Gasteiger partial charge in [0, 0.05) is 6.07 Å². The molecule has 0 spiro atoms. The fourth-order valence-electron chi connectivity index (χ4n) is 1.84. The Morgan fingerprint density at radius 2 is 2.42 bits per heavy atom. The molecule has 2 aromatic heterocycles. The van der Waals surface area contributed by atoms with Crippen molar-refractivity contribution in [3.63, 3.8) is 0 Å². The number of hydrogen-bond acceptors (Lipinski definition) is 4. The number of hydrogen-bond donors (Lipinski definition) is 3. The Morgan fingerprint density at radius 1 is 1.63 bits per heavy atom. The molecular formula is C13H18N4OS. The highest BCUT2D eigenvalue weighted by Gasteiger charge is 2.27. The number of H-pyrrole nitrogens is 1. The lowest BCUT2D eigenvalue weighted by Crippen LogP contribution is -2.48. The number of carbonyl (C=O) groups is 1. The second-order valence-electron chi connectivity index (χ2n) is 4.77. The zero-order valence-electron chi connectivity index (χ0n) is 11.1. The van der Waals surface area contributed by atoms with E-state index in [9.17, 15) is 4.79 Å². The molecule has 5 nitrogen and oxygen atoms in total. The van der Waals surface area contributed by atoms with Crippen molar-refractivity contribution in [1.82, 2.24) is 10.2 Å². The number of aromatic amines is 1. The van der Waals surface area contributed by atoms with Crippen molar-refractivity contribution in [1.29, 1.82) is 0 Å². The highest BCUT2D eigenvalue weighted by molar-refractivity contribution is 7.13. The molecule has 102 valence electrons. The molecule has 6 heteroatoms. The van der Waals surface area contributed by atoms with Crippen LogP contribution in [-0.4, -0.2) is 21.6 Å². The fraction of sp³-hybridized carbons (Fsp3) is 0.385. The molecule has 0 aliphatic heterocycles. The smallest absolute Gasteiger partial charge is 0.245 e. The molecule has 2 heterocycles. The van der Waals surface area contributed by atoms with E-state index in [1.807, 2.05) is 30.5 Å². The third-order valence-electron chi connectivity index (χ3n) is 2.89. The number of thiophene rings is 1. The SMILES string of the molecule is CCCC(C)(N)C(=O)Nc1cc(-c2cccs2)[nH]n1. The Bertz CT molecular complexity index is 545. The lowest BCUT2D eigenvalue weighted by atomic mass is 9.97. The molecule has 2 aromatic rings. The zero-order valence-corrected chi connectivity index (χ0v) is 11.9. The average molecular weight is 278 g/mol. The van der Waals surface area contributed by atoms with Crippen LogP contribution in [0, 0.1) is 0 Å². The van der Waals surface area contributed by atoms with Gasteiger partial charge in [-0.1, -0.05) is 19.4 Å². The second kappa shape index (κ2) is 5.54. The van der Waals surface area contributed by atoms with E-state index in [1.54, 1.807) is 18.3 Å². The average Bonchev–Trinajstić information content (AvgIpc) is 2.97. The molecule has 1 atom stereocenters. The zero-order chi connectivity index (χ0) is 13.9. The number of anilines is 1. The van der Waals surface area contributed by atoms with Crippen molar-refractivity contribution >= 4 is 23.1 Å². The lowest BCUT2D eigenvalue weighted by molar-refractivity contribution is -0.120. The Hall–Kier alpha value is -1.66. The van der Waals surface area contributed by atoms with Gasteiger partial charge in [-0.25, -0.2) is 0 Å². The van der Waals surface area contributed by atoms with Crippen LogP contribution in [-0.2, 0) is 4.79 Å². The Balaban J connectivity index is 2.06. The van der Waals surface area contributed by atoms with Gasteiger partial charge in [-0.05, 0) is 24.8 Å². The maximum atomic E-state index is 12.0. The first-order valence-electron chi connectivity index (χ1n) is 6.22. The summed E-state index contributed by atoms with van der Waals surface area (Å²) < 4.78 is 0. The molecule has 1 unspecified atom stereocenters. The Kier molecular flexibility index (Phi) is 4.01. The van der Waals surface area contributed by atoms with E-state index >= 15 is 0 Å². The summed E-state index contributed by atoms with van der Waals surface area (Å²) in [6, 6.07) is 5.77. The van der Waals surface area contributed by atoms with Gasteiger partial charge < -0.3 is 11.1 Å². The lowest BCUT2D eigenvalue weighted by Gasteiger charge is -2.21. The predicted octanol–water partition coefficient (Wildman–Crippen LogP) is 2.59. The van der Waals surface area contributed by atoms with Gasteiger partial charge in [0.2, 0.25) is 5.91 Å². The maximum Gasteiger partial charge on any atom is 0.245 e. The van der Waals surface area contributed by atoms with E-state index in [2.05, 4.69) is 15.5 Å². The van der Waals surface area contributed by atoms with Crippen LogP contribution < -0.4 is 11.1 Å². The molecule has 0 radical (unpaired) electrons. The molecule has 4 N–H and O–H groups in total. The van der Waals surface area contributed by atoms with Gasteiger partial charge >= 0.3 is 0 Å². The van der Waals surface area contributed by atoms with Gasteiger partial charge in [0.1, 0.15) is 0 Å². The third kappa shape index (κ3) is 3.21. The first-order valence-corrected chi connectivity index (χ1v) is 7.10. The van der Waals surface area contributed by atoms with Gasteiger partial charge in [0.05, 0.1) is 16.1 Å². The highest BCUT2D eigenvalue weighted by atomic mass is 32.1. The van der Waals surface area contributed by atoms with Crippen LogP contribution in [0.4, 0.5) is 5.82 Å². The van der Waals surface area contributed by atoms with E-state index < -0.39 is 5.54 Å². The Labute approximate surface area is 116 Å². The topological polar surface area (TPSA) is 83.8 Å². The van der Waals surface area contributed by atoms with Crippen molar-refractivity contribution in [2.75, 3.05) is 5.32 Å². The Morgan fingerprint density at radius 3 is 3.05 bits per heavy atom. The van der Waals surface area contributed by atoms with Crippen molar-refractivity contribution in [3.05, 3.63) is 23.6 Å². The van der Waals surface area contributed by atoms with E-state index in [4.69, 9.17) is 5.73 Å². The fourth-order valence-corrected chi connectivity index (χ4v) is 2.53. The van der Waals surface area contributed by atoms with Crippen LogP contribution in [0.15, 0.2) is 23.6 Å². The number of nitrogens with one attached hydrogen (secondary N) is 2. The molecule has 2 rings (SSSR count). The molecule has 0 aromatic carbocycles. The highest BCUT2D eigenvalue weighted by Crippen LogP contribution is 2.24. The second-order valence-corrected chi connectivity index (χ2v) is 5.71. The van der Waals surface area contributed by atoms with Gasteiger partial charge in [-0.15, -0.1) is 11.3 Å². The van der Waals surface area contributed by atoms with E-state index in [1.165, 1.54) is 0 Å². The summed E-state index contributed by atoms with van der Waals surface area (Å²) in [5.74, 6) is 0.291. The molecule has 0 saturated carbocycles. The van der Waals surface area contributed by atoms with Crippen molar-refractivity contribution in [2.24, 2.45) is 5.73 Å². The first kappa shape index (κ1) is 13.8. The number of nitrogens with zero attached hydrogens (tertiary/aromatic N) is 1. The molecule has 1 amide bonds. The summed E-state index contributed by atoms with van der Waals surface area (Å²) in [7, 11) is 0. The van der Waals surface area contributed by atoms with Crippen LogP contribution in [0.1, 0.15) is 26.7 Å². The first-order chi connectivity index (χ1) is 9.03. The van der Waals surface area contributed by atoms with Gasteiger partial charge in [0.15, 0.2) is 5.82 Å². The van der Waals surface area contributed by atoms with E-state index in [-0.39, 0.29) is 5.91 Å². The molecule has 0 saturated heterocycles. The quantitative estimate of drug-likeness (QED) is 0.786. The number of nitrogens with two attached hydrogens (primary N) is 1. The normalized spacial score (nSPS) is 14.1. The van der Waals surface area contributed by atoms with Crippen LogP contribution in [0.2, 0.25) is 0 Å². The predicted molar refractivity (Wildman–Crippen MR) is 78.0 cm³/mol. The van der Waals surface area contributed by atoms with Crippen LogP contribution in [0.25, 0.3) is 10.6 Å². The largest absolute Gasteiger partial charge is 0.318 e. The summed E-state index contributed by atoms with van der Waals surface area (Å²) >= 11 is 1.61. The molecule has 0 aliphatic carbocycles. The van der Waals surface area contributed by atoms with Gasteiger partial charge in [-0.2, -0.15) is 5.10 Å². The van der Waals surface area contributed by atoms with Crippen LogP contribution >= 0.6 is 11.3 Å². The molecule has 0 fully saturated rings. The molecule has 19 heavy (non-hydrogen) atoms. The monoisotopic (exact) mass is 278 g/mol. The third-order valence-corrected chi connectivity index (χ3v) is 3.80. The van der Waals surface area contributed by atoms with E-state index in [0.29, 0.717) is 12.2 Å². The molecule has 0 aliphatic rings. The standard InChI is InChI=1S/C13H18N4OS/c1-3-6-13(2,14)12(18)15-11-8-9(16-17-11)10-5-4-7-19-10/h4-5,7-8H,3,6,14H2,1-2H3,(H2,15,16,17,18). The number of amides is 1. The minimum Gasteiger partial charge on any atom is -0.318 e. The van der Waals surface area contributed by atoms with Gasteiger partial charge in [0.25, 0.3) is 0 Å². The van der Waals surface area contributed by atoms with Crippen molar-refractivity contribution in [3.8, 4) is 10.6 Å². The number of carbonyl (C=O) groups excluding carboxylic acids is 1. The van der Waals surface area contributed by atoms with Crippen LogP contribution in [0.3, 0.4) is 0 Å². The van der Waals surface area contributed by atoms with Crippen molar-refractivity contribution in [2.45, 2.75) is 32.2 Å². The summed E-state index contributed by atoms with van der Waals surface area (Å²) in [6.45, 7) is 3.74. The van der Waals surface area contributed by atoms with Gasteiger partial charge in [-0.3, -0.25) is 9.89 Å². The molecule has 0 bridgehead atoms. The van der Waals surface area contributed by atoms with Crippen molar-refractivity contribution < 1.29 is 4.79 Å². The maximum absolute atomic E-state index is 12.0. The summed E-state index contributed by atoms with van der Waals surface area (Å²) in [5, 5.41) is 11.7. The van der Waals surface area contributed by atoms with E-state index in [0.717, 1.165) is 17.0 Å². The number of aromatic nitrogens is 2. The minimum absolute atomic E-state index is 0.210. The summed E-state index contributed by atoms with van der Waals surface area (Å²) in [4.78, 5) is 13.1. The summed E-state index contributed by atoms with van der Waals surface area (Å²) in [6.07, 6.45) is 1.50.